The number of aromatic nitrogens is 2. The van der Waals surface area contributed by atoms with Gasteiger partial charge in [0.15, 0.2) is 6.29 Å². The lowest BCUT2D eigenvalue weighted by atomic mass is 10.3. The largest absolute Gasteiger partial charge is 0.298 e. The van der Waals surface area contributed by atoms with E-state index in [1.54, 1.807) is 24.7 Å². The molecule has 0 atom stereocenters. The summed E-state index contributed by atoms with van der Waals surface area (Å²) in [5.41, 5.74) is 0.592. The molecular formula is C11H8N2OS. The van der Waals surface area contributed by atoms with Crippen molar-refractivity contribution in [1.29, 1.82) is 0 Å². The number of hydrogen-bond acceptors (Lipinski definition) is 4. The smallest absolute Gasteiger partial charge is 0.151 e. The predicted octanol–water partition coefficient (Wildman–Crippen LogP) is 2.44. The van der Waals surface area contributed by atoms with Gasteiger partial charge >= 0.3 is 0 Å². The first kappa shape index (κ1) is 9.86. The van der Waals surface area contributed by atoms with Gasteiger partial charge < -0.3 is 0 Å². The maximum Gasteiger partial charge on any atom is 0.151 e. The second-order valence-electron chi connectivity index (χ2n) is 2.83. The van der Waals surface area contributed by atoms with Crippen molar-refractivity contribution in [2.24, 2.45) is 0 Å². The zero-order valence-electron chi connectivity index (χ0n) is 7.83. The standard InChI is InChI=1S/C11H8N2OS/c14-8-9-1-2-11(13-7-9)15-10-3-5-12-6-4-10/h1-8H. The number of carbonyl (C=O) groups is 1. The molecule has 0 N–H and O–H groups in total. The Hall–Kier alpha value is -1.68. The van der Waals surface area contributed by atoms with Crippen LogP contribution in [0.1, 0.15) is 10.4 Å². The lowest BCUT2D eigenvalue weighted by Crippen LogP contribution is -1.84. The summed E-state index contributed by atoms with van der Waals surface area (Å²) >= 11 is 1.54. The summed E-state index contributed by atoms with van der Waals surface area (Å²) in [5.74, 6) is 0. The number of nitrogens with zero attached hydrogens (tertiary/aromatic N) is 2. The van der Waals surface area contributed by atoms with Gasteiger partial charge in [-0.1, -0.05) is 11.8 Å². The lowest BCUT2D eigenvalue weighted by molar-refractivity contribution is 0.112. The maximum atomic E-state index is 10.4. The number of hydrogen-bond donors (Lipinski definition) is 0. The first-order chi connectivity index (χ1) is 7.38. The molecule has 2 rings (SSSR count). The van der Waals surface area contributed by atoms with Crippen molar-refractivity contribution in [3.05, 3.63) is 48.4 Å². The van der Waals surface area contributed by atoms with Gasteiger partial charge in [-0.3, -0.25) is 9.78 Å². The van der Waals surface area contributed by atoms with Gasteiger partial charge in [0.25, 0.3) is 0 Å². The Balaban J connectivity index is 2.15. The van der Waals surface area contributed by atoms with Crippen LogP contribution in [0.4, 0.5) is 0 Å². The van der Waals surface area contributed by atoms with Crippen LogP contribution in [-0.2, 0) is 0 Å². The highest BCUT2D eigenvalue weighted by Crippen LogP contribution is 2.24. The van der Waals surface area contributed by atoms with Crippen molar-refractivity contribution in [3.63, 3.8) is 0 Å². The van der Waals surface area contributed by atoms with Crippen molar-refractivity contribution in [3.8, 4) is 0 Å². The molecule has 0 unspecified atom stereocenters. The maximum absolute atomic E-state index is 10.4. The number of aldehydes is 1. The Bertz CT molecular complexity index is 442. The highest BCUT2D eigenvalue weighted by atomic mass is 32.2. The van der Waals surface area contributed by atoms with Gasteiger partial charge in [0.2, 0.25) is 0 Å². The van der Waals surface area contributed by atoms with Crippen molar-refractivity contribution >= 4 is 18.0 Å². The fraction of sp³-hybridized carbons (Fsp3) is 0. The van der Waals surface area contributed by atoms with Crippen LogP contribution in [0.15, 0.2) is 52.8 Å². The zero-order chi connectivity index (χ0) is 10.5. The van der Waals surface area contributed by atoms with Crippen LogP contribution < -0.4 is 0 Å². The van der Waals surface area contributed by atoms with Gasteiger partial charge in [-0.15, -0.1) is 0 Å². The molecule has 0 saturated carbocycles. The van der Waals surface area contributed by atoms with Crippen molar-refractivity contribution in [2.45, 2.75) is 9.92 Å². The van der Waals surface area contributed by atoms with E-state index in [1.165, 1.54) is 11.8 Å². The molecular weight excluding hydrogens is 208 g/mol. The van der Waals surface area contributed by atoms with Gasteiger partial charge in [-0.05, 0) is 24.3 Å². The van der Waals surface area contributed by atoms with Gasteiger partial charge in [0.1, 0.15) is 5.03 Å². The average molecular weight is 216 g/mol. The second-order valence-corrected chi connectivity index (χ2v) is 3.93. The third kappa shape index (κ3) is 2.63. The Morgan fingerprint density at radius 3 is 2.53 bits per heavy atom. The van der Waals surface area contributed by atoms with E-state index in [1.807, 2.05) is 18.2 Å². The summed E-state index contributed by atoms with van der Waals surface area (Å²) in [6.45, 7) is 0. The SMILES string of the molecule is O=Cc1ccc(Sc2ccncc2)nc1. The van der Waals surface area contributed by atoms with Crippen LogP contribution in [0.2, 0.25) is 0 Å². The van der Waals surface area contributed by atoms with Gasteiger partial charge in [0.05, 0.1) is 0 Å². The van der Waals surface area contributed by atoms with E-state index in [0.717, 1.165) is 16.2 Å². The molecule has 0 spiro atoms. The van der Waals surface area contributed by atoms with Gasteiger partial charge in [-0.25, -0.2) is 4.98 Å². The minimum Gasteiger partial charge on any atom is -0.298 e. The van der Waals surface area contributed by atoms with Crippen molar-refractivity contribution in [1.82, 2.24) is 9.97 Å². The summed E-state index contributed by atoms with van der Waals surface area (Å²) in [6, 6.07) is 7.41. The molecule has 2 aromatic rings. The summed E-state index contributed by atoms with van der Waals surface area (Å²) in [4.78, 5) is 19.6. The number of carbonyl (C=O) groups excluding carboxylic acids is 1. The first-order valence-corrected chi connectivity index (χ1v) is 5.19. The van der Waals surface area contributed by atoms with E-state index in [-0.39, 0.29) is 0 Å². The molecule has 0 aliphatic heterocycles. The minimum absolute atomic E-state index is 0.592. The van der Waals surface area contributed by atoms with E-state index >= 15 is 0 Å². The normalized spacial score (nSPS) is 9.87. The average Bonchev–Trinajstić information content (AvgIpc) is 2.31. The van der Waals surface area contributed by atoms with Gasteiger partial charge in [0, 0.05) is 29.0 Å². The quantitative estimate of drug-likeness (QED) is 0.739. The molecule has 15 heavy (non-hydrogen) atoms. The van der Waals surface area contributed by atoms with Crippen LogP contribution in [0, 0.1) is 0 Å². The van der Waals surface area contributed by atoms with Crippen LogP contribution in [0.25, 0.3) is 0 Å². The highest BCUT2D eigenvalue weighted by Gasteiger charge is 1.98. The van der Waals surface area contributed by atoms with Gasteiger partial charge in [-0.2, -0.15) is 0 Å². The molecule has 0 radical (unpaired) electrons. The molecule has 0 saturated heterocycles. The zero-order valence-corrected chi connectivity index (χ0v) is 8.65. The van der Waals surface area contributed by atoms with Crippen LogP contribution >= 0.6 is 11.8 Å². The number of pyridine rings is 2. The first-order valence-electron chi connectivity index (χ1n) is 4.37. The lowest BCUT2D eigenvalue weighted by Gasteiger charge is -1.99. The van der Waals surface area contributed by atoms with Crippen LogP contribution in [0.5, 0.6) is 0 Å². The molecule has 0 bridgehead atoms. The fourth-order valence-corrected chi connectivity index (χ4v) is 1.79. The third-order valence-electron chi connectivity index (χ3n) is 1.77. The third-order valence-corrected chi connectivity index (χ3v) is 2.73. The summed E-state index contributed by atoms with van der Waals surface area (Å²) in [7, 11) is 0. The fourth-order valence-electron chi connectivity index (χ4n) is 1.05. The monoisotopic (exact) mass is 216 g/mol. The summed E-state index contributed by atoms with van der Waals surface area (Å²) < 4.78 is 0. The number of rotatable bonds is 3. The Labute approximate surface area is 91.6 Å². The molecule has 2 heterocycles. The van der Waals surface area contributed by atoms with Crippen LogP contribution in [-0.4, -0.2) is 16.3 Å². The molecule has 0 aromatic carbocycles. The highest BCUT2D eigenvalue weighted by molar-refractivity contribution is 7.99. The molecule has 0 amide bonds. The molecule has 0 aliphatic rings. The molecule has 2 aromatic heterocycles. The summed E-state index contributed by atoms with van der Waals surface area (Å²) in [5, 5.41) is 0.867. The van der Waals surface area contributed by atoms with Crippen molar-refractivity contribution in [2.75, 3.05) is 0 Å². The van der Waals surface area contributed by atoms with Crippen LogP contribution in [0.3, 0.4) is 0 Å². The van der Waals surface area contributed by atoms with E-state index in [2.05, 4.69) is 9.97 Å². The van der Waals surface area contributed by atoms with E-state index in [4.69, 9.17) is 0 Å². The van der Waals surface area contributed by atoms with E-state index < -0.39 is 0 Å². The summed E-state index contributed by atoms with van der Waals surface area (Å²) in [6.07, 6.45) is 5.83. The van der Waals surface area contributed by atoms with E-state index in [9.17, 15) is 4.79 Å². The molecule has 0 fully saturated rings. The molecule has 0 aliphatic carbocycles. The Kier molecular flexibility index (Phi) is 3.09. The Morgan fingerprint density at radius 1 is 1.13 bits per heavy atom. The molecule has 74 valence electrons. The minimum atomic E-state index is 0.592. The molecule has 4 heteroatoms. The predicted molar refractivity (Wildman–Crippen MR) is 58.0 cm³/mol. The topological polar surface area (TPSA) is 42.9 Å². The van der Waals surface area contributed by atoms with E-state index in [0.29, 0.717) is 5.56 Å². The molecule has 3 nitrogen and oxygen atoms in total. The van der Waals surface area contributed by atoms with Crippen molar-refractivity contribution < 1.29 is 4.79 Å². The Morgan fingerprint density at radius 2 is 1.93 bits per heavy atom. The second kappa shape index (κ2) is 4.70.